The summed E-state index contributed by atoms with van der Waals surface area (Å²) in [5, 5.41) is -0.478. The lowest BCUT2D eigenvalue weighted by molar-refractivity contribution is -0.132. The van der Waals surface area contributed by atoms with Gasteiger partial charge >= 0.3 is 0 Å². The summed E-state index contributed by atoms with van der Waals surface area (Å²) in [6.07, 6.45) is -2.98. The van der Waals surface area contributed by atoms with Crippen LogP contribution in [0.4, 0.5) is 5.69 Å². The number of anilines is 1. The normalized spacial score (nSPS) is 31.6. The van der Waals surface area contributed by atoms with Gasteiger partial charge in [0.05, 0.1) is 27.5 Å². The van der Waals surface area contributed by atoms with Gasteiger partial charge in [-0.05, 0) is 25.3 Å². The highest BCUT2D eigenvalue weighted by atomic mass is 16.2. The molecule has 1 aromatic carbocycles. The molecule has 108 valence electrons. The van der Waals surface area contributed by atoms with E-state index >= 15 is 0 Å². The average Bonchev–Trinajstić information content (AvgIpc) is 2.56. The monoisotopic (exact) mass is 292 g/mol. The van der Waals surface area contributed by atoms with Crippen molar-refractivity contribution >= 4 is 28.2 Å². The molecule has 1 aliphatic rings. The van der Waals surface area contributed by atoms with Crippen LogP contribution in [0.3, 0.4) is 0 Å². The van der Waals surface area contributed by atoms with E-state index in [1.54, 1.807) is 0 Å². The molecule has 2 unspecified atom stereocenters. The lowest BCUT2D eigenvalue weighted by atomic mass is 9.92. The molecular weight excluding hydrogens is 270 g/mol. The Morgan fingerprint density at radius 3 is 3.05 bits per heavy atom. The molecule has 2 atom stereocenters. The predicted molar refractivity (Wildman–Crippen MR) is 78.1 cm³/mol. The molecule has 0 spiro atoms. The fourth-order valence-electron chi connectivity index (χ4n) is 2.23. The van der Waals surface area contributed by atoms with E-state index in [-0.39, 0.29) is 21.8 Å². The number of carbonyl (C=O) groups is 2. The van der Waals surface area contributed by atoms with Gasteiger partial charge in [0.2, 0.25) is 0 Å². The van der Waals surface area contributed by atoms with Crippen LogP contribution >= 0.6 is 0 Å². The zero-order valence-corrected chi connectivity index (χ0v) is 10.8. The standard InChI is InChI=1S/C15H15N3O3/c1-8-17-11-4-2-3-10(16)14(11)15(21)18(8)12-6-5-9(19)7-13(12)20/h2-4,12H,5-7,16H2,1H3/i1D3,3D,4D,6D,12D. The molecule has 0 radical (unpaired) electrons. The van der Waals surface area contributed by atoms with Gasteiger partial charge in [-0.1, -0.05) is 6.07 Å². The van der Waals surface area contributed by atoms with Crippen molar-refractivity contribution in [1.82, 2.24) is 9.55 Å². The number of nitrogens with zero attached hydrogens (tertiary/aromatic N) is 2. The molecule has 6 heteroatoms. The van der Waals surface area contributed by atoms with E-state index in [4.69, 9.17) is 15.3 Å². The Bertz CT molecular complexity index is 1100. The summed E-state index contributed by atoms with van der Waals surface area (Å²) in [5.41, 5.74) is 3.78. The summed E-state index contributed by atoms with van der Waals surface area (Å²) in [4.78, 5) is 41.1. The van der Waals surface area contributed by atoms with E-state index in [2.05, 4.69) is 4.98 Å². The molecule has 2 N–H and O–H groups in total. The SMILES string of the molecule is [2H]c1cc([2H])c2nc(C([2H])([2H])[2H])n(C3([2H])C(=O)CC(=O)CC3[2H])c(=O)c2c1N. The van der Waals surface area contributed by atoms with Crippen molar-refractivity contribution in [1.29, 1.82) is 0 Å². The lowest BCUT2D eigenvalue weighted by Gasteiger charge is -2.24. The maximum absolute atomic E-state index is 13.2. The molecule has 3 rings (SSSR count). The third-order valence-electron chi connectivity index (χ3n) is 3.20. The zero-order chi connectivity index (χ0) is 21.2. The van der Waals surface area contributed by atoms with Gasteiger partial charge in [0.25, 0.3) is 5.56 Å². The maximum Gasteiger partial charge on any atom is 0.264 e. The molecular formula is C15H15N3O3. The second-order valence-corrected chi connectivity index (χ2v) is 4.58. The third-order valence-corrected chi connectivity index (χ3v) is 3.20. The van der Waals surface area contributed by atoms with Crippen molar-refractivity contribution in [2.24, 2.45) is 0 Å². The number of nitrogen functional groups attached to an aromatic ring is 1. The fourth-order valence-corrected chi connectivity index (χ4v) is 2.23. The number of Topliss-reactive ketones (excluding diaryl/α,β-unsaturated/α-hetero) is 2. The van der Waals surface area contributed by atoms with Crippen LogP contribution in [0.5, 0.6) is 0 Å². The van der Waals surface area contributed by atoms with Gasteiger partial charge in [0.1, 0.15) is 11.6 Å². The van der Waals surface area contributed by atoms with Gasteiger partial charge in [-0.15, -0.1) is 0 Å². The Balaban J connectivity index is 2.53. The first-order valence-corrected chi connectivity index (χ1v) is 6.10. The molecule has 1 saturated carbocycles. The molecule has 1 heterocycles. The molecule has 6 nitrogen and oxygen atoms in total. The van der Waals surface area contributed by atoms with Gasteiger partial charge in [0.15, 0.2) is 5.78 Å². The van der Waals surface area contributed by atoms with Crippen LogP contribution in [0.2, 0.25) is 0 Å². The first kappa shape index (κ1) is 7.49. The highest BCUT2D eigenvalue weighted by Gasteiger charge is 2.30. The summed E-state index contributed by atoms with van der Waals surface area (Å²) < 4.78 is 55.6. The summed E-state index contributed by atoms with van der Waals surface area (Å²) >= 11 is 0. The Hall–Kier alpha value is -2.50. The van der Waals surface area contributed by atoms with E-state index in [0.29, 0.717) is 0 Å². The zero-order valence-electron chi connectivity index (χ0n) is 17.8. The van der Waals surface area contributed by atoms with Crippen LogP contribution in [0.25, 0.3) is 10.9 Å². The van der Waals surface area contributed by atoms with Crippen LogP contribution in [0.1, 0.15) is 40.7 Å². The molecule has 0 amide bonds. The van der Waals surface area contributed by atoms with Crippen LogP contribution < -0.4 is 11.3 Å². The van der Waals surface area contributed by atoms with Crippen molar-refractivity contribution < 1.29 is 19.2 Å². The first-order chi connectivity index (χ1) is 12.8. The highest BCUT2D eigenvalue weighted by molar-refractivity contribution is 6.03. The second-order valence-electron chi connectivity index (χ2n) is 4.58. The predicted octanol–water partition coefficient (Wildman–Crippen LogP) is 1.15. The molecule has 0 saturated heterocycles. The number of fused-ring (bicyclic) bond motifs is 1. The highest BCUT2D eigenvalue weighted by Crippen LogP contribution is 2.24. The quantitative estimate of drug-likeness (QED) is 0.628. The molecule has 0 aliphatic heterocycles. The largest absolute Gasteiger partial charge is 0.398 e. The average molecular weight is 292 g/mol. The Kier molecular flexibility index (Phi) is 1.71. The summed E-state index contributed by atoms with van der Waals surface area (Å²) in [6, 6.07) is -2.51. The number of aromatic nitrogens is 2. The van der Waals surface area contributed by atoms with Gasteiger partial charge in [-0.2, -0.15) is 0 Å². The van der Waals surface area contributed by atoms with Gasteiger partial charge in [0, 0.05) is 17.6 Å². The number of hydrogen-bond donors (Lipinski definition) is 1. The van der Waals surface area contributed by atoms with Crippen LogP contribution in [-0.4, -0.2) is 21.1 Å². The summed E-state index contributed by atoms with van der Waals surface area (Å²) in [5.74, 6) is -2.65. The number of rotatable bonds is 1. The van der Waals surface area contributed by atoms with Crippen LogP contribution in [0, 0.1) is 6.85 Å². The molecule has 0 bridgehead atoms. The minimum absolute atomic E-state index is 0.282. The Morgan fingerprint density at radius 1 is 1.52 bits per heavy atom. The summed E-state index contributed by atoms with van der Waals surface area (Å²) in [6.45, 7) is -3.07. The lowest BCUT2D eigenvalue weighted by Crippen LogP contribution is -2.36. The minimum Gasteiger partial charge on any atom is -0.398 e. The molecule has 2 aromatic rings. The molecule has 1 aliphatic carbocycles. The Labute approximate surface area is 130 Å². The van der Waals surface area contributed by atoms with E-state index < -0.39 is 66.5 Å². The van der Waals surface area contributed by atoms with Crippen molar-refractivity contribution in [2.45, 2.75) is 32.1 Å². The number of nitrogens with two attached hydrogens (primary N) is 1. The van der Waals surface area contributed by atoms with Crippen molar-refractivity contribution in [3.8, 4) is 0 Å². The molecule has 1 aromatic heterocycles. The van der Waals surface area contributed by atoms with Gasteiger partial charge in [-0.25, -0.2) is 4.98 Å². The van der Waals surface area contributed by atoms with E-state index in [9.17, 15) is 14.4 Å². The maximum atomic E-state index is 13.2. The van der Waals surface area contributed by atoms with Gasteiger partial charge in [-0.3, -0.25) is 19.0 Å². The Morgan fingerprint density at radius 2 is 2.33 bits per heavy atom. The topological polar surface area (TPSA) is 95.0 Å². The second kappa shape index (κ2) is 4.80. The van der Waals surface area contributed by atoms with Crippen molar-refractivity contribution in [3.05, 3.63) is 34.3 Å². The van der Waals surface area contributed by atoms with Gasteiger partial charge < -0.3 is 5.73 Å². The number of aryl methyl sites for hydroxylation is 1. The van der Waals surface area contributed by atoms with Crippen molar-refractivity contribution in [2.75, 3.05) is 5.73 Å². The van der Waals surface area contributed by atoms with Crippen LogP contribution in [0.15, 0.2) is 22.9 Å². The number of ketones is 2. The molecule has 1 fully saturated rings. The van der Waals surface area contributed by atoms with Crippen LogP contribution in [-0.2, 0) is 9.59 Å². The third kappa shape index (κ3) is 2.12. The molecule has 21 heavy (non-hydrogen) atoms. The fraction of sp³-hybridized carbons (Fsp3) is 0.333. The smallest absolute Gasteiger partial charge is 0.264 e. The number of carbonyl (C=O) groups excluding carboxylic acids is 2. The first-order valence-electron chi connectivity index (χ1n) is 9.68. The minimum atomic E-state index is -3.07. The van der Waals surface area contributed by atoms with E-state index in [1.807, 2.05) is 0 Å². The van der Waals surface area contributed by atoms with Crippen molar-refractivity contribution in [3.63, 3.8) is 0 Å². The number of hydrogen-bond acceptors (Lipinski definition) is 5. The number of benzene rings is 1. The van der Waals surface area contributed by atoms with E-state index in [1.165, 1.54) is 0 Å². The van der Waals surface area contributed by atoms with E-state index in [0.717, 1.165) is 6.07 Å². The summed E-state index contributed by atoms with van der Waals surface area (Å²) in [7, 11) is 0.